The van der Waals surface area contributed by atoms with Crippen LogP contribution in [0.5, 0.6) is 5.75 Å². The highest BCUT2D eigenvalue weighted by atomic mass is 19.4. The number of aryl methyl sites for hydroxylation is 2. The van der Waals surface area contributed by atoms with Crippen molar-refractivity contribution in [3.63, 3.8) is 0 Å². The molecule has 0 saturated carbocycles. The molecule has 0 aliphatic carbocycles. The van der Waals surface area contributed by atoms with Gasteiger partial charge in [-0.2, -0.15) is 13.2 Å². The predicted molar refractivity (Wildman–Crippen MR) is 83.4 cm³/mol. The lowest BCUT2D eigenvalue weighted by Gasteiger charge is -2.10. The minimum atomic E-state index is -4.36. The second kappa shape index (κ2) is 5.65. The third-order valence-corrected chi connectivity index (χ3v) is 3.78. The maximum absolute atomic E-state index is 12.7. The van der Waals surface area contributed by atoms with E-state index in [4.69, 9.17) is 4.74 Å². The van der Waals surface area contributed by atoms with Crippen LogP contribution in [0.1, 0.15) is 16.7 Å². The van der Waals surface area contributed by atoms with Crippen molar-refractivity contribution in [3.8, 4) is 5.75 Å². The van der Waals surface area contributed by atoms with Gasteiger partial charge in [0.1, 0.15) is 12.4 Å². The molecule has 0 aliphatic heterocycles. The van der Waals surface area contributed by atoms with Gasteiger partial charge in [0.2, 0.25) is 0 Å². The van der Waals surface area contributed by atoms with Crippen molar-refractivity contribution in [3.05, 3.63) is 65.4 Å². The Morgan fingerprint density at radius 1 is 1.09 bits per heavy atom. The van der Waals surface area contributed by atoms with Gasteiger partial charge in [-0.25, -0.2) is 0 Å². The summed E-state index contributed by atoms with van der Waals surface area (Å²) in [5, 5.41) is 1.05. The molecule has 0 radical (unpaired) electrons. The van der Waals surface area contributed by atoms with Gasteiger partial charge in [0, 0.05) is 29.7 Å². The summed E-state index contributed by atoms with van der Waals surface area (Å²) in [6.45, 7) is 2.24. The molecule has 120 valence electrons. The van der Waals surface area contributed by atoms with E-state index in [-0.39, 0.29) is 12.4 Å². The van der Waals surface area contributed by atoms with Crippen molar-refractivity contribution >= 4 is 10.9 Å². The zero-order valence-electron chi connectivity index (χ0n) is 12.8. The van der Waals surface area contributed by atoms with E-state index in [9.17, 15) is 13.2 Å². The second-order valence-electron chi connectivity index (χ2n) is 5.60. The van der Waals surface area contributed by atoms with Gasteiger partial charge in [-0.3, -0.25) is 0 Å². The Kier molecular flexibility index (Phi) is 3.80. The number of fused-ring (bicyclic) bond motifs is 1. The van der Waals surface area contributed by atoms with E-state index in [1.807, 2.05) is 36.9 Å². The van der Waals surface area contributed by atoms with Gasteiger partial charge in [0.05, 0.1) is 5.56 Å². The topological polar surface area (TPSA) is 14.2 Å². The third-order valence-electron chi connectivity index (χ3n) is 3.78. The number of aromatic nitrogens is 1. The summed E-state index contributed by atoms with van der Waals surface area (Å²) in [6.07, 6.45) is -2.42. The Balaban J connectivity index is 1.84. The molecule has 0 amide bonds. The van der Waals surface area contributed by atoms with Gasteiger partial charge < -0.3 is 9.30 Å². The quantitative estimate of drug-likeness (QED) is 0.656. The van der Waals surface area contributed by atoms with Crippen LogP contribution in [0.3, 0.4) is 0 Å². The van der Waals surface area contributed by atoms with Crippen molar-refractivity contribution in [2.75, 3.05) is 0 Å². The molecule has 2 nitrogen and oxygen atoms in total. The van der Waals surface area contributed by atoms with E-state index in [1.165, 1.54) is 12.1 Å². The second-order valence-corrected chi connectivity index (χ2v) is 5.60. The Morgan fingerprint density at radius 3 is 2.61 bits per heavy atom. The fraction of sp³-hybridized carbons (Fsp3) is 0.222. The van der Waals surface area contributed by atoms with Crippen molar-refractivity contribution in [2.45, 2.75) is 19.7 Å². The molecule has 1 heterocycles. The van der Waals surface area contributed by atoms with Gasteiger partial charge in [0.25, 0.3) is 0 Å². The van der Waals surface area contributed by atoms with Gasteiger partial charge in [-0.1, -0.05) is 18.2 Å². The lowest BCUT2D eigenvalue weighted by atomic mass is 10.1. The number of benzene rings is 2. The molecule has 0 unspecified atom stereocenters. The maximum Gasteiger partial charge on any atom is 0.416 e. The van der Waals surface area contributed by atoms with Crippen LogP contribution in [0.2, 0.25) is 0 Å². The summed E-state index contributed by atoms with van der Waals surface area (Å²) in [6, 6.07) is 11.0. The van der Waals surface area contributed by atoms with Crippen LogP contribution in [-0.4, -0.2) is 4.57 Å². The summed E-state index contributed by atoms with van der Waals surface area (Å²) in [4.78, 5) is 0. The van der Waals surface area contributed by atoms with E-state index < -0.39 is 11.7 Å². The highest BCUT2D eigenvalue weighted by Crippen LogP contribution is 2.31. The molecule has 0 bridgehead atoms. The molecule has 5 heteroatoms. The molecule has 0 aliphatic rings. The standard InChI is InChI=1S/C18H16F3NO/c1-12-6-7-16-13(10-22(2)17(16)8-12)11-23-15-5-3-4-14(9-15)18(19,20)21/h3-10H,11H2,1-2H3. The molecular weight excluding hydrogens is 303 g/mol. The van der Waals surface area contributed by atoms with E-state index in [2.05, 4.69) is 6.07 Å². The molecule has 0 N–H and O–H groups in total. The number of halogens is 3. The highest BCUT2D eigenvalue weighted by molar-refractivity contribution is 5.84. The van der Waals surface area contributed by atoms with E-state index in [0.29, 0.717) is 0 Å². The Labute approximate surface area is 132 Å². The van der Waals surface area contributed by atoms with Gasteiger partial charge in [-0.15, -0.1) is 0 Å². The first-order valence-electron chi connectivity index (χ1n) is 7.19. The minimum absolute atomic E-state index is 0.212. The van der Waals surface area contributed by atoms with E-state index in [0.717, 1.165) is 34.2 Å². The number of alkyl halides is 3. The fourth-order valence-corrected chi connectivity index (χ4v) is 2.62. The molecule has 0 saturated heterocycles. The van der Waals surface area contributed by atoms with Crippen molar-refractivity contribution in [2.24, 2.45) is 7.05 Å². The predicted octanol–water partition coefficient (Wildman–Crippen LogP) is 5.08. The van der Waals surface area contributed by atoms with Gasteiger partial charge in [0.15, 0.2) is 0 Å². The fourth-order valence-electron chi connectivity index (χ4n) is 2.62. The van der Waals surface area contributed by atoms with E-state index >= 15 is 0 Å². The molecule has 23 heavy (non-hydrogen) atoms. The van der Waals surface area contributed by atoms with Crippen molar-refractivity contribution in [1.29, 1.82) is 0 Å². The van der Waals surface area contributed by atoms with E-state index in [1.54, 1.807) is 0 Å². The number of nitrogens with zero attached hydrogens (tertiary/aromatic N) is 1. The first-order chi connectivity index (χ1) is 10.8. The summed E-state index contributed by atoms with van der Waals surface area (Å²) in [7, 11) is 1.94. The smallest absolute Gasteiger partial charge is 0.416 e. The maximum atomic E-state index is 12.7. The Bertz CT molecular complexity index is 849. The number of rotatable bonds is 3. The highest BCUT2D eigenvalue weighted by Gasteiger charge is 2.30. The van der Waals surface area contributed by atoms with Crippen LogP contribution >= 0.6 is 0 Å². The van der Waals surface area contributed by atoms with Crippen molar-refractivity contribution < 1.29 is 17.9 Å². The molecular formula is C18H16F3NO. The molecule has 1 aromatic heterocycles. The van der Waals surface area contributed by atoms with Crippen LogP contribution in [0.15, 0.2) is 48.7 Å². The molecule has 0 atom stereocenters. The molecule has 0 spiro atoms. The molecule has 3 rings (SSSR count). The first kappa shape index (κ1) is 15.5. The average Bonchev–Trinajstić information content (AvgIpc) is 2.81. The lowest BCUT2D eigenvalue weighted by molar-refractivity contribution is -0.137. The SMILES string of the molecule is Cc1ccc2c(COc3cccc(C(F)(F)F)c3)cn(C)c2c1. The summed E-state index contributed by atoms with van der Waals surface area (Å²) in [5.74, 6) is 0.212. The lowest BCUT2D eigenvalue weighted by Crippen LogP contribution is -2.05. The van der Waals surface area contributed by atoms with Crippen molar-refractivity contribution in [1.82, 2.24) is 4.57 Å². The average molecular weight is 319 g/mol. The Morgan fingerprint density at radius 2 is 1.87 bits per heavy atom. The summed E-state index contributed by atoms with van der Waals surface area (Å²) >= 11 is 0. The van der Waals surface area contributed by atoms with Crippen LogP contribution < -0.4 is 4.74 Å². The largest absolute Gasteiger partial charge is 0.489 e. The zero-order chi connectivity index (χ0) is 16.6. The number of hydrogen-bond acceptors (Lipinski definition) is 1. The molecule has 0 fully saturated rings. The third kappa shape index (κ3) is 3.18. The van der Waals surface area contributed by atoms with Crippen LogP contribution in [-0.2, 0) is 19.8 Å². The monoisotopic (exact) mass is 319 g/mol. The van der Waals surface area contributed by atoms with Gasteiger partial charge in [-0.05, 0) is 36.8 Å². The zero-order valence-corrected chi connectivity index (χ0v) is 12.8. The van der Waals surface area contributed by atoms with Crippen LogP contribution in [0.25, 0.3) is 10.9 Å². The molecule has 2 aromatic carbocycles. The first-order valence-corrected chi connectivity index (χ1v) is 7.19. The summed E-state index contributed by atoms with van der Waals surface area (Å²) < 4.78 is 45.7. The van der Waals surface area contributed by atoms with Crippen LogP contribution in [0.4, 0.5) is 13.2 Å². The number of hydrogen-bond donors (Lipinski definition) is 0. The molecule has 3 aromatic rings. The Hall–Kier alpha value is -2.43. The van der Waals surface area contributed by atoms with Gasteiger partial charge >= 0.3 is 6.18 Å². The van der Waals surface area contributed by atoms with Crippen LogP contribution in [0, 0.1) is 6.92 Å². The minimum Gasteiger partial charge on any atom is -0.489 e. The number of ether oxygens (including phenoxy) is 1. The summed E-state index contributed by atoms with van der Waals surface area (Å²) in [5.41, 5.74) is 2.47. The normalized spacial score (nSPS) is 11.9.